The Labute approximate surface area is 105 Å². The van der Waals surface area contributed by atoms with Gasteiger partial charge in [-0.2, -0.15) is 18.2 Å². The van der Waals surface area contributed by atoms with Crippen LogP contribution in [-0.2, 0) is 0 Å². The quantitative estimate of drug-likeness (QED) is 0.831. The van der Waals surface area contributed by atoms with Crippen LogP contribution in [0.5, 0.6) is 0 Å². The van der Waals surface area contributed by atoms with Crippen molar-refractivity contribution >= 4 is 11.9 Å². The van der Waals surface area contributed by atoms with Crippen LogP contribution in [0.2, 0.25) is 0 Å². The zero-order valence-corrected chi connectivity index (χ0v) is 9.55. The monoisotopic (exact) mass is 273 g/mol. The van der Waals surface area contributed by atoms with E-state index in [-0.39, 0.29) is 18.3 Å². The van der Waals surface area contributed by atoms with E-state index in [9.17, 15) is 13.2 Å². The predicted molar refractivity (Wildman–Crippen MR) is 59.2 cm³/mol. The molecule has 19 heavy (non-hydrogen) atoms. The Morgan fingerprint density at radius 1 is 1.47 bits per heavy atom. The lowest BCUT2D eigenvalue weighted by Crippen LogP contribution is -2.35. The molecule has 0 radical (unpaired) electrons. The lowest BCUT2D eigenvalue weighted by atomic mass is 10.0. The molecule has 3 N–H and O–H groups in total. The van der Waals surface area contributed by atoms with Gasteiger partial charge in [-0.3, -0.25) is 0 Å². The molecule has 9 heteroatoms. The third-order valence-corrected chi connectivity index (χ3v) is 2.97. The first kappa shape index (κ1) is 11.9. The summed E-state index contributed by atoms with van der Waals surface area (Å²) in [5.74, 6) is 0.214. The number of rotatable bonds is 1. The summed E-state index contributed by atoms with van der Waals surface area (Å²) in [5.41, 5.74) is 5.35. The molecule has 102 valence electrons. The molecule has 0 saturated carbocycles. The fraction of sp³-hybridized carbons (Fsp3) is 0.400. The Kier molecular flexibility index (Phi) is 2.44. The highest BCUT2D eigenvalue weighted by atomic mass is 19.4. The summed E-state index contributed by atoms with van der Waals surface area (Å²) >= 11 is 0. The van der Waals surface area contributed by atoms with Gasteiger partial charge in [-0.1, -0.05) is 0 Å². The van der Waals surface area contributed by atoms with Crippen molar-refractivity contribution < 1.29 is 17.6 Å². The zero-order valence-electron chi connectivity index (χ0n) is 9.55. The molecular weight excluding hydrogens is 263 g/mol. The van der Waals surface area contributed by atoms with Gasteiger partial charge >= 0.3 is 6.18 Å². The molecule has 3 rings (SSSR count). The summed E-state index contributed by atoms with van der Waals surface area (Å²) in [6.07, 6.45) is -3.25. The molecule has 2 aromatic rings. The van der Waals surface area contributed by atoms with E-state index in [0.29, 0.717) is 5.76 Å². The smallest absolute Gasteiger partial charge is 0.411 e. The average molecular weight is 273 g/mol. The van der Waals surface area contributed by atoms with Crippen LogP contribution in [0.15, 0.2) is 22.8 Å². The SMILES string of the molecule is Nc1nc2n(n1)[C@H](C(F)(F)F)C[C@H](c1ccco1)N2. The van der Waals surface area contributed by atoms with Crippen LogP contribution < -0.4 is 11.1 Å². The largest absolute Gasteiger partial charge is 0.467 e. The van der Waals surface area contributed by atoms with Crippen molar-refractivity contribution in [1.29, 1.82) is 0 Å². The van der Waals surface area contributed by atoms with Crippen LogP contribution >= 0.6 is 0 Å². The van der Waals surface area contributed by atoms with Gasteiger partial charge in [0.15, 0.2) is 6.04 Å². The van der Waals surface area contributed by atoms with E-state index in [1.807, 2.05) is 0 Å². The topological polar surface area (TPSA) is 81.9 Å². The average Bonchev–Trinajstić information content (AvgIpc) is 2.92. The van der Waals surface area contributed by atoms with Crippen molar-refractivity contribution in [2.45, 2.75) is 24.7 Å². The number of fused-ring (bicyclic) bond motifs is 1. The number of halogens is 3. The van der Waals surface area contributed by atoms with Crippen molar-refractivity contribution in [3.05, 3.63) is 24.2 Å². The summed E-state index contributed by atoms with van der Waals surface area (Å²) in [6.45, 7) is 0. The van der Waals surface area contributed by atoms with E-state index in [1.165, 1.54) is 6.26 Å². The molecule has 0 spiro atoms. The number of hydrogen-bond donors (Lipinski definition) is 2. The Morgan fingerprint density at radius 3 is 2.89 bits per heavy atom. The number of nitrogen functional groups attached to an aromatic ring is 1. The minimum atomic E-state index is -4.43. The molecule has 0 aliphatic carbocycles. The molecule has 0 amide bonds. The van der Waals surface area contributed by atoms with Crippen LogP contribution in [0.3, 0.4) is 0 Å². The van der Waals surface area contributed by atoms with Crippen LogP contribution in [0.1, 0.15) is 24.3 Å². The molecule has 0 saturated heterocycles. The van der Waals surface area contributed by atoms with E-state index in [0.717, 1.165) is 4.68 Å². The van der Waals surface area contributed by atoms with Gasteiger partial charge < -0.3 is 15.5 Å². The van der Waals surface area contributed by atoms with E-state index >= 15 is 0 Å². The molecule has 0 unspecified atom stereocenters. The van der Waals surface area contributed by atoms with E-state index < -0.39 is 18.3 Å². The van der Waals surface area contributed by atoms with Crippen LogP contribution in [0.25, 0.3) is 0 Å². The Hall–Kier alpha value is -2.19. The second kappa shape index (κ2) is 3.90. The predicted octanol–water partition coefficient (Wildman–Crippen LogP) is 2.11. The van der Waals surface area contributed by atoms with Gasteiger partial charge in [0.2, 0.25) is 11.9 Å². The molecule has 2 atom stereocenters. The minimum absolute atomic E-state index is 0.00697. The van der Waals surface area contributed by atoms with E-state index in [4.69, 9.17) is 10.2 Å². The minimum Gasteiger partial charge on any atom is -0.467 e. The van der Waals surface area contributed by atoms with Gasteiger partial charge in [-0.25, -0.2) is 4.68 Å². The fourth-order valence-electron chi connectivity index (χ4n) is 2.14. The van der Waals surface area contributed by atoms with Crippen LogP contribution in [0.4, 0.5) is 25.1 Å². The summed E-state index contributed by atoms with van der Waals surface area (Å²) < 4.78 is 45.1. The summed E-state index contributed by atoms with van der Waals surface area (Å²) in [4.78, 5) is 3.75. The summed E-state index contributed by atoms with van der Waals surface area (Å²) in [6, 6.07) is 0.842. The number of aromatic nitrogens is 3. The number of furan rings is 1. The van der Waals surface area contributed by atoms with Gasteiger partial charge in [0.25, 0.3) is 0 Å². The molecule has 2 aromatic heterocycles. The Balaban J connectivity index is 2.01. The molecule has 1 aliphatic rings. The number of anilines is 2. The van der Waals surface area contributed by atoms with Crippen LogP contribution in [0, 0.1) is 0 Å². The van der Waals surface area contributed by atoms with Crippen molar-refractivity contribution in [1.82, 2.24) is 14.8 Å². The fourth-order valence-corrected chi connectivity index (χ4v) is 2.14. The van der Waals surface area contributed by atoms with Crippen molar-refractivity contribution in [2.75, 3.05) is 11.1 Å². The van der Waals surface area contributed by atoms with Gasteiger partial charge in [-0.15, -0.1) is 5.10 Å². The molecule has 0 aromatic carbocycles. The lowest BCUT2D eigenvalue weighted by molar-refractivity contribution is -0.174. The second-order valence-corrected chi connectivity index (χ2v) is 4.24. The first-order valence-corrected chi connectivity index (χ1v) is 5.54. The number of nitrogens with two attached hydrogens (primary N) is 1. The highest BCUT2D eigenvalue weighted by Crippen LogP contribution is 2.42. The van der Waals surface area contributed by atoms with Crippen molar-refractivity contribution in [3.63, 3.8) is 0 Å². The van der Waals surface area contributed by atoms with Gasteiger partial charge in [-0.05, 0) is 12.1 Å². The molecule has 3 heterocycles. The van der Waals surface area contributed by atoms with Gasteiger partial charge in [0, 0.05) is 6.42 Å². The van der Waals surface area contributed by atoms with Gasteiger partial charge in [0.05, 0.1) is 12.3 Å². The molecule has 0 bridgehead atoms. The second-order valence-electron chi connectivity index (χ2n) is 4.24. The maximum absolute atomic E-state index is 13.1. The highest BCUT2D eigenvalue weighted by molar-refractivity contribution is 5.37. The van der Waals surface area contributed by atoms with Crippen LogP contribution in [-0.4, -0.2) is 20.9 Å². The number of nitrogens with one attached hydrogen (secondary N) is 1. The molecule has 6 nitrogen and oxygen atoms in total. The van der Waals surface area contributed by atoms with Crippen molar-refractivity contribution in [3.8, 4) is 0 Å². The van der Waals surface area contributed by atoms with E-state index in [2.05, 4.69) is 15.4 Å². The maximum atomic E-state index is 13.1. The third-order valence-electron chi connectivity index (χ3n) is 2.97. The number of nitrogens with zero attached hydrogens (tertiary/aromatic N) is 3. The summed E-state index contributed by atoms with van der Waals surface area (Å²) in [7, 11) is 0. The first-order chi connectivity index (χ1) is 8.95. The Bertz CT molecular complexity index is 576. The maximum Gasteiger partial charge on any atom is 0.411 e. The van der Waals surface area contributed by atoms with Crippen molar-refractivity contribution in [2.24, 2.45) is 0 Å². The third kappa shape index (κ3) is 2.00. The molecule has 1 aliphatic heterocycles. The standard InChI is InChI=1S/C10H10F3N5O/c11-10(12,13)7-4-5(6-2-1-3-19-6)15-9-16-8(14)17-18(7)9/h1-3,5,7H,4H2,(H3,14,15,16,17)/t5-,7+/m1/s1. The first-order valence-electron chi connectivity index (χ1n) is 5.54. The Morgan fingerprint density at radius 2 is 2.26 bits per heavy atom. The van der Waals surface area contributed by atoms with E-state index in [1.54, 1.807) is 12.1 Å². The number of hydrogen-bond acceptors (Lipinski definition) is 5. The molecule has 0 fully saturated rings. The molecular formula is C10H10F3N5O. The highest BCUT2D eigenvalue weighted by Gasteiger charge is 2.47. The number of alkyl halides is 3. The van der Waals surface area contributed by atoms with Gasteiger partial charge in [0.1, 0.15) is 5.76 Å². The lowest BCUT2D eigenvalue weighted by Gasteiger charge is -2.31. The normalized spacial score (nSPS) is 22.9. The zero-order chi connectivity index (χ0) is 13.6. The summed E-state index contributed by atoms with van der Waals surface area (Å²) in [5, 5.41) is 6.42.